The summed E-state index contributed by atoms with van der Waals surface area (Å²) in [7, 11) is 1.43. The molecule has 2 N–H and O–H groups in total. The van der Waals surface area contributed by atoms with Gasteiger partial charge in [-0.25, -0.2) is 0 Å². The van der Waals surface area contributed by atoms with Gasteiger partial charge in [-0.15, -0.1) is 0 Å². The molecular formula is C12H26N2O2. The number of nitrogens with zero attached hydrogens (tertiary/aromatic N) is 1. The first-order valence-corrected chi connectivity index (χ1v) is 5.94. The lowest BCUT2D eigenvalue weighted by molar-refractivity contribution is -0.140. The van der Waals surface area contributed by atoms with E-state index in [4.69, 9.17) is 5.73 Å². The van der Waals surface area contributed by atoms with Crippen LogP contribution in [0.5, 0.6) is 0 Å². The molecule has 0 aliphatic rings. The molecule has 16 heavy (non-hydrogen) atoms. The van der Waals surface area contributed by atoms with Crippen LogP contribution in [0.3, 0.4) is 0 Å². The van der Waals surface area contributed by atoms with Crippen LogP contribution in [0.15, 0.2) is 0 Å². The lowest BCUT2D eigenvalue weighted by Crippen LogP contribution is -2.39. The van der Waals surface area contributed by atoms with Crippen LogP contribution in [-0.2, 0) is 9.53 Å². The average Bonchev–Trinajstić information content (AvgIpc) is 2.27. The number of methoxy groups -OCH3 is 1. The number of rotatable bonds is 8. The predicted octanol–water partition coefficient (Wildman–Crippen LogP) is 1.25. The van der Waals surface area contributed by atoms with Crippen LogP contribution in [0.1, 0.15) is 33.6 Å². The number of carbonyl (C=O) groups excluding carboxylic acids is 1. The molecule has 0 aromatic rings. The van der Waals surface area contributed by atoms with E-state index in [2.05, 4.69) is 30.4 Å². The summed E-state index contributed by atoms with van der Waals surface area (Å²) in [5.41, 5.74) is 5.85. The minimum atomic E-state index is -0.130. The van der Waals surface area contributed by atoms with E-state index in [1.807, 2.05) is 0 Å². The molecule has 0 saturated carbocycles. The Morgan fingerprint density at radius 3 is 2.50 bits per heavy atom. The highest BCUT2D eigenvalue weighted by Gasteiger charge is 2.19. The largest absolute Gasteiger partial charge is 0.469 e. The zero-order chi connectivity index (χ0) is 12.6. The Bertz CT molecular complexity index is 205. The average molecular weight is 230 g/mol. The number of nitrogens with two attached hydrogens (primary N) is 1. The van der Waals surface area contributed by atoms with E-state index in [1.54, 1.807) is 0 Å². The van der Waals surface area contributed by atoms with E-state index in [9.17, 15) is 4.79 Å². The van der Waals surface area contributed by atoms with Crippen molar-refractivity contribution in [3.8, 4) is 0 Å². The summed E-state index contributed by atoms with van der Waals surface area (Å²) >= 11 is 0. The van der Waals surface area contributed by atoms with Gasteiger partial charge in [-0.05, 0) is 31.5 Å². The summed E-state index contributed by atoms with van der Waals surface area (Å²) in [6.07, 6.45) is 1.34. The summed E-state index contributed by atoms with van der Waals surface area (Å²) < 4.78 is 4.61. The van der Waals surface area contributed by atoms with Crippen molar-refractivity contribution in [2.45, 2.75) is 33.6 Å². The van der Waals surface area contributed by atoms with E-state index in [-0.39, 0.29) is 11.4 Å². The van der Waals surface area contributed by atoms with Gasteiger partial charge in [-0.3, -0.25) is 4.79 Å². The zero-order valence-corrected chi connectivity index (χ0v) is 11.1. The maximum Gasteiger partial charge on any atom is 0.305 e. The Morgan fingerprint density at radius 1 is 1.44 bits per heavy atom. The van der Waals surface area contributed by atoms with Gasteiger partial charge >= 0.3 is 5.97 Å². The van der Waals surface area contributed by atoms with Crippen molar-refractivity contribution in [3.05, 3.63) is 0 Å². The first kappa shape index (κ1) is 15.4. The summed E-state index contributed by atoms with van der Waals surface area (Å²) in [5, 5.41) is 0. The van der Waals surface area contributed by atoms with Crippen LogP contribution in [-0.4, -0.2) is 44.2 Å². The van der Waals surface area contributed by atoms with Crippen LogP contribution in [0.25, 0.3) is 0 Å². The molecular weight excluding hydrogens is 204 g/mol. The van der Waals surface area contributed by atoms with Crippen LogP contribution >= 0.6 is 0 Å². The van der Waals surface area contributed by atoms with Crippen molar-refractivity contribution in [1.29, 1.82) is 0 Å². The molecule has 4 heteroatoms. The fourth-order valence-electron chi connectivity index (χ4n) is 1.57. The van der Waals surface area contributed by atoms with Gasteiger partial charge in [0.1, 0.15) is 0 Å². The lowest BCUT2D eigenvalue weighted by Gasteiger charge is -2.30. The maximum absolute atomic E-state index is 11.0. The highest BCUT2D eigenvalue weighted by Crippen LogP contribution is 2.15. The molecule has 0 aliphatic heterocycles. The maximum atomic E-state index is 11.0. The topological polar surface area (TPSA) is 55.6 Å². The van der Waals surface area contributed by atoms with E-state index < -0.39 is 0 Å². The van der Waals surface area contributed by atoms with Crippen LogP contribution in [0.2, 0.25) is 0 Å². The van der Waals surface area contributed by atoms with Crippen LogP contribution < -0.4 is 5.73 Å². The predicted molar refractivity (Wildman–Crippen MR) is 66.2 cm³/mol. The summed E-state index contributed by atoms with van der Waals surface area (Å²) in [6.45, 7) is 10.0. The standard InChI is InChI=1S/C12H26N2O2/c1-5-14(10-12(2,3)9-13)8-6-7-11(15)16-4/h5-10,13H2,1-4H3. The molecule has 0 fully saturated rings. The van der Waals surface area contributed by atoms with Gasteiger partial charge in [0.05, 0.1) is 7.11 Å². The first-order valence-electron chi connectivity index (χ1n) is 5.94. The first-order chi connectivity index (χ1) is 7.45. The van der Waals surface area contributed by atoms with Crippen LogP contribution in [0.4, 0.5) is 0 Å². The third-order valence-corrected chi connectivity index (χ3v) is 2.73. The van der Waals surface area contributed by atoms with E-state index in [0.717, 1.165) is 26.1 Å². The molecule has 0 atom stereocenters. The van der Waals surface area contributed by atoms with Gasteiger partial charge < -0.3 is 15.4 Å². The normalized spacial score (nSPS) is 11.9. The van der Waals surface area contributed by atoms with Crippen molar-refractivity contribution in [3.63, 3.8) is 0 Å². The molecule has 0 aliphatic carbocycles. The molecule has 0 amide bonds. The van der Waals surface area contributed by atoms with Gasteiger partial charge in [-0.2, -0.15) is 0 Å². The van der Waals surface area contributed by atoms with E-state index >= 15 is 0 Å². The van der Waals surface area contributed by atoms with Gasteiger partial charge in [0.25, 0.3) is 0 Å². The van der Waals surface area contributed by atoms with Crippen molar-refractivity contribution in [2.75, 3.05) is 33.3 Å². The third-order valence-electron chi connectivity index (χ3n) is 2.73. The Hall–Kier alpha value is -0.610. The number of hydrogen-bond donors (Lipinski definition) is 1. The second-order valence-electron chi connectivity index (χ2n) is 4.92. The Balaban J connectivity index is 3.88. The number of esters is 1. The number of carbonyl (C=O) groups is 1. The minimum Gasteiger partial charge on any atom is -0.469 e. The van der Waals surface area contributed by atoms with Gasteiger partial charge in [-0.1, -0.05) is 20.8 Å². The summed E-state index contributed by atoms with van der Waals surface area (Å²) in [6, 6.07) is 0. The van der Waals surface area contributed by atoms with Crippen LogP contribution in [0, 0.1) is 5.41 Å². The second kappa shape index (κ2) is 7.63. The number of hydrogen-bond acceptors (Lipinski definition) is 4. The Kier molecular flexibility index (Phi) is 7.34. The molecule has 0 spiro atoms. The molecule has 96 valence electrons. The molecule has 0 heterocycles. The fraction of sp³-hybridized carbons (Fsp3) is 0.917. The van der Waals surface area contributed by atoms with Gasteiger partial charge in [0.15, 0.2) is 0 Å². The molecule has 4 nitrogen and oxygen atoms in total. The summed E-state index contributed by atoms with van der Waals surface area (Å²) in [4.78, 5) is 13.3. The van der Waals surface area contributed by atoms with Crippen molar-refractivity contribution in [2.24, 2.45) is 11.1 Å². The molecule has 0 bridgehead atoms. The molecule has 0 saturated heterocycles. The van der Waals surface area contributed by atoms with E-state index in [0.29, 0.717) is 13.0 Å². The Morgan fingerprint density at radius 2 is 2.06 bits per heavy atom. The molecule has 0 radical (unpaired) electrons. The smallest absolute Gasteiger partial charge is 0.305 e. The Labute approximate surface area is 99.1 Å². The SMILES string of the molecule is CCN(CCCC(=O)OC)CC(C)(C)CN. The highest BCUT2D eigenvalue weighted by molar-refractivity contribution is 5.69. The van der Waals surface area contributed by atoms with Crippen molar-refractivity contribution < 1.29 is 9.53 Å². The van der Waals surface area contributed by atoms with Crippen molar-refractivity contribution >= 4 is 5.97 Å². The number of ether oxygens (including phenoxy) is 1. The van der Waals surface area contributed by atoms with E-state index in [1.165, 1.54) is 7.11 Å². The minimum absolute atomic E-state index is 0.130. The third kappa shape index (κ3) is 6.80. The van der Waals surface area contributed by atoms with Crippen molar-refractivity contribution in [1.82, 2.24) is 4.90 Å². The lowest BCUT2D eigenvalue weighted by atomic mass is 9.93. The fourth-order valence-corrected chi connectivity index (χ4v) is 1.57. The van der Waals surface area contributed by atoms with Gasteiger partial charge in [0, 0.05) is 13.0 Å². The second-order valence-corrected chi connectivity index (χ2v) is 4.92. The molecule has 0 rings (SSSR count). The molecule has 0 aromatic heterocycles. The van der Waals surface area contributed by atoms with Gasteiger partial charge in [0.2, 0.25) is 0 Å². The molecule has 0 unspecified atom stereocenters. The monoisotopic (exact) mass is 230 g/mol. The molecule has 0 aromatic carbocycles. The highest BCUT2D eigenvalue weighted by atomic mass is 16.5. The zero-order valence-electron chi connectivity index (χ0n) is 11.1. The quantitative estimate of drug-likeness (QED) is 0.638. The summed E-state index contributed by atoms with van der Waals surface area (Å²) in [5.74, 6) is -0.130.